The highest BCUT2D eigenvalue weighted by Crippen LogP contribution is 2.20. The topological polar surface area (TPSA) is 15.3 Å². The lowest BCUT2D eigenvalue weighted by Gasteiger charge is -2.34. The SMILES string of the molecule is CC#CCNC(C)C1CCN(CC)CC1. The number of nitrogens with one attached hydrogen (secondary N) is 1. The molecule has 0 aliphatic carbocycles. The van der Waals surface area contributed by atoms with Crippen LogP contribution in [0.5, 0.6) is 0 Å². The molecule has 1 atom stereocenters. The Hall–Kier alpha value is -0.520. The van der Waals surface area contributed by atoms with Gasteiger partial charge in [0.15, 0.2) is 0 Å². The minimum absolute atomic E-state index is 0.616. The van der Waals surface area contributed by atoms with Gasteiger partial charge in [0, 0.05) is 6.04 Å². The smallest absolute Gasteiger partial charge is 0.0578 e. The fraction of sp³-hybridized carbons (Fsp3) is 0.846. The number of hydrogen-bond donors (Lipinski definition) is 1. The molecule has 0 aromatic heterocycles. The molecule has 0 bridgehead atoms. The summed E-state index contributed by atoms with van der Waals surface area (Å²) in [5.74, 6) is 6.83. The second kappa shape index (κ2) is 6.87. The predicted octanol–water partition coefficient (Wildman–Crippen LogP) is 1.72. The molecule has 86 valence electrons. The van der Waals surface area contributed by atoms with Gasteiger partial charge in [0.2, 0.25) is 0 Å². The van der Waals surface area contributed by atoms with E-state index in [1.807, 2.05) is 6.92 Å². The largest absolute Gasteiger partial charge is 0.304 e. The van der Waals surface area contributed by atoms with E-state index in [1.165, 1.54) is 32.5 Å². The van der Waals surface area contributed by atoms with E-state index < -0.39 is 0 Å². The molecule has 1 unspecified atom stereocenters. The monoisotopic (exact) mass is 208 g/mol. The Kier molecular flexibility index (Phi) is 5.75. The molecule has 1 aliphatic heterocycles. The lowest BCUT2D eigenvalue weighted by Crippen LogP contribution is -2.41. The fourth-order valence-corrected chi connectivity index (χ4v) is 2.24. The van der Waals surface area contributed by atoms with Crippen molar-refractivity contribution in [3.63, 3.8) is 0 Å². The first-order valence-electron chi connectivity index (χ1n) is 6.13. The number of nitrogens with zero attached hydrogens (tertiary/aromatic N) is 1. The Labute approximate surface area is 94.4 Å². The van der Waals surface area contributed by atoms with Gasteiger partial charge in [-0.1, -0.05) is 12.8 Å². The van der Waals surface area contributed by atoms with Gasteiger partial charge in [-0.3, -0.25) is 0 Å². The lowest BCUT2D eigenvalue weighted by atomic mass is 9.90. The molecule has 0 aromatic rings. The number of piperidine rings is 1. The van der Waals surface area contributed by atoms with E-state index in [0.717, 1.165) is 12.5 Å². The van der Waals surface area contributed by atoms with Gasteiger partial charge >= 0.3 is 0 Å². The molecule has 0 radical (unpaired) electrons. The minimum atomic E-state index is 0.616. The zero-order chi connectivity index (χ0) is 11.1. The minimum Gasteiger partial charge on any atom is -0.304 e. The van der Waals surface area contributed by atoms with Crippen molar-refractivity contribution in [1.82, 2.24) is 10.2 Å². The van der Waals surface area contributed by atoms with E-state index >= 15 is 0 Å². The predicted molar refractivity (Wildman–Crippen MR) is 65.8 cm³/mol. The third kappa shape index (κ3) is 4.24. The van der Waals surface area contributed by atoms with Crippen molar-refractivity contribution in [2.75, 3.05) is 26.2 Å². The highest BCUT2D eigenvalue weighted by molar-refractivity contribution is 4.98. The second-order valence-corrected chi connectivity index (χ2v) is 4.37. The van der Waals surface area contributed by atoms with Crippen molar-refractivity contribution >= 4 is 0 Å². The van der Waals surface area contributed by atoms with Crippen molar-refractivity contribution in [1.29, 1.82) is 0 Å². The number of hydrogen-bond acceptors (Lipinski definition) is 2. The van der Waals surface area contributed by atoms with E-state index in [1.54, 1.807) is 0 Å². The Morgan fingerprint density at radius 1 is 1.40 bits per heavy atom. The van der Waals surface area contributed by atoms with Crippen molar-refractivity contribution in [2.24, 2.45) is 5.92 Å². The fourth-order valence-electron chi connectivity index (χ4n) is 2.24. The molecular formula is C13H24N2. The van der Waals surface area contributed by atoms with Crippen LogP contribution in [0.2, 0.25) is 0 Å². The van der Waals surface area contributed by atoms with E-state index in [2.05, 4.69) is 35.9 Å². The molecule has 1 rings (SSSR count). The van der Waals surface area contributed by atoms with Crippen LogP contribution in [0.1, 0.15) is 33.6 Å². The Morgan fingerprint density at radius 3 is 2.60 bits per heavy atom. The lowest BCUT2D eigenvalue weighted by molar-refractivity contribution is 0.170. The molecule has 15 heavy (non-hydrogen) atoms. The van der Waals surface area contributed by atoms with Crippen LogP contribution >= 0.6 is 0 Å². The Bertz CT molecular complexity index is 218. The maximum absolute atomic E-state index is 3.49. The molecule has 1 fully saturated rings. The standard InChI is InChI=1S/C13H24N2/c1-4-6-9-14-12(3)13-7-10-15(5-2)11-8-13/h12-14H,5,7-11H2,1-3H3. The molecule has 2 heteroatoms. The van der Waals surface area contributed by atoms with Crippen LogP contribution in [0.4, 0.5) is 0 Å². The Balaban J connectivity index is 2.22. The first-order valence-corrected chi connectivity index (χ1v) is 6.13. The van der Waals surface area contributed by atoms with E-state index in [4.69, 9.17) is 0 Å². The van der Waals surface area contributed by atoms with E-state index in [0.29, 0.717) is 6.04 Å². The summed E-state index contributed by atoms with van der Waals surface area (Å²) in [7, 11) is 0. The van der Waals surface area contributed by atoms with Gasteiger partial charge in [-0.2, -0.15) is 0 Å². The van der Waals surface area contributed by atoms with Crippen molar-refractivity contribution in [3.8, 4) is 11.8 Å². The van der Waals surface area contributed by atoms with Crippen LogP contribution < -0.4 is 5.32 Å². The molecule has 1 saturated heterocycles. The van der Waals surface area contributed by atoms with Gasteiger partial charge in [0.25, 0.3) is 0 Å². The molecule has 0 aromatic carbocycles. The van der Waals surface area contributed by atoms with Crippen molar-refractivity contribution in [2.45, 2.75) is 39.7 Å². The maximum Gasteiger partial charge on any atom is 0.0578 e. The average molecular weight is 208 g/mol. The van der Waals surface area contributed by atoms with Crippen LogP contribution in [-0.4, -0.2) is 37.1 Å². The average Bonchev–Trinajstić information content (AvgIpc) is 2.29. The summed E-state index contributed by atoms with van der Waals surface area (Å²) in [6.07, 6.45) is 2.67. The van der Waals surface area contributed by atoms with Crippen LogP contribution in [-0.2, 0) is 0 Å². The summed E-state index contributed by atoms with van der Waals surface area (Å²) in [5, 5.41) is 3.49. The molecule has 1 heterocycles. The van der Waals surface area contributed by atoms with Crippen molar-refractivity contribution < 1.29 is 0 Å². The van der Waals surface area contributed by atoms with Gasteiger partial charge in [-0.05, 0) is 52.2 Å². The van der Waals surface area contributed by atoms with Crippen LogP contribution in [0.3, 0.4) is 0 Å². The highest BCUT2D eigenvalue weighted by Gasteiger charge is 2.22. The first kappa shape index (κ1) is 12.5. The van der Waals surface area contributed by atoms with Crippen LogP contribution in [0, 0.1) is 17.8 Å². The van der Waals surface area contributed by atoms with E-state index in [9.17, 15) is 0 Å². The highest BCUT2D eigenvalue weighted by atomic mass is 15.1. The molecule has 1 aliphatic rings. The quantitative estimate of drug-likeness (QED) is 0.708. The third-order valence-electron chi connectivity index (χ3n) is 3.48. The summed E-state index contributed by atoms with van der Waals surface area (Å²) in [6.45, 7) is 11.0. The normalized spacial score (nSPS) is 20.7. The molecule has 1 N–H and O–H groups in total. The van der Waals surface area contributed by atoms with E-state index in [-0.39, 0.29) is 0 Å². The van der Waals surface area contributed by atoms with Gasteiger partial charge in [-0.25, -0.2) is 0 Å². The van der Waals surface area contributed by atoms with Gasteiger partial charge in [-0.15, -0.1) is 5.92 Å². The molecule has 0 amide bonds. The molecule has 0 saturated carbocycles. The first-order chi connectivity index (χ1) is 7.27. The van der Waals surface area contributed by atoms with Gasteiger partial charge in [0.1, 0.15) is 0 Å². The summed E-state index contributed by atoms with van der Waals surface area (Å²) in [5.41, 5.74) is 0. The third-order valence-corrected chi connectivity index (χ3v) is 3.48. The van der Waals surface area contributed by atoms with Gasteiger partial charge in [0.05, 0.1) is 6.54 Å². The van der Waals surface area contributed by atoms with Crippen LogP contribution in [0.25, 0.3) is 0 Å². The zero-order valence-corrected chi connectivity index (χ0v) is 10.3. The van der Waals surface area contributed by atoms with Crippen LogP contribution in [0.15, 0.2) is 0 Å². The van der Waals surface area contributed by atoms with Crippen molar-refractivity contribution in [3.05, 3.63) is 0 Å². The zero-order valence-electron chi connectivity index (χ0n) is 10.3. The van der Waals surface area contributed by atoms with Gasteiger partial charge < -0.3 is 10.2 Å². The summed E-state index contributed by atoms with van der Waals surface area (Å²) < 4.78 is 0. The molecule has 2 nitrogen and oxygen atoms in total. The summed E-state index contributed by atoms with van der Waals surface area (Å²) >= 11 is 0. The molecule has 0 spiro atoms. The maximum atomic E-state index is 3.49. The second-order valence-electron chi connectivity index (χ2n) is 4.37. The number of rotatable bonds is 4. The molecular weight excluding hydrogens is 184 g/mol. The Morgan fingerprint density at radius 2 is 2.07 bits per heavy atom. The number of likely N-dealkylation sites (tertiary alicyclic amines) is 1. The summed E-state index contributed by atoms with van der Waals surface area (Å²) in [4.78, 5) is 2.54. The summed E-state index contributed by atoms with van der Waals surface area (Å²) in [6, 6.07) is 0.616.